The third kappa shape index (κ3) is 5.32. The molecule has 3 aromatic rings. The minimum atomic E-state index is -0.722. The minimum Gasteiger partial charge on any atom is -0.452 e. The summed E-state index contributed by atoms with van der Waals surface area (Å²) in [4.78, 5) is 40.5. The van der Waals surface area contributed by atoms with Gasteiger partial charge in [-0.25, -0.2) is 9.78 Å². The quantitative estimate of drug-likeness (QED) is 0.462. The predicted octanol–water partition coefficient (Wildman–Crippen LogP) is 2.12. The third-order valence-electron chi connectivity index (χ3n) is 3.79. The fraction of sp³-hybridized carbons (Fsp3) is 0.211. The van der Waals surface area contributed by atoms with Crippen molar-refractivity contribution in [2.75, 3.05) is 6.61 Å². The van der Waals surface area contributed by atoms with Gasteiger partial charge in [0.2, 0.25) is 0 Å². The van der Waals surface area contributed by atoms with Crippen molar-refractivity contribution in [3.8, 4) is 0 Å². The fourth-order valence-corrected chi connectivity index (χ4v) is 3.28. The largest absolute Gasteiger partial charge is 0.452 e. The van der Waals surface area contributed by atoms with E-state index >= 15 is 0 Å². The lowest BCUT2D eigenvalue weighted by atomic mass is 10.3. The maximum Gasteiger partial charge on any atom is 0.341 e. The molecule has 0 aromatic carbocycles. The molecule has 3 aromatic heterocycles. The van der Waals surface area contributed by atoms with Gasteiger partial charge in [0.1, 0.15) is 16.5 Å². The molecule has 2 amide bonds. The molecule has 0 radical (unpaired) electrons. The highest BCUT2D eigenvalue weighted by Gasteiger charge is 2.18. The molecular weight excluding hydrogens is 396 g/mol. The van der Waals surface area contributed by atoms with Gasteiger partial charge in [0.15, 0.2) is 6.61 Å². The van der Waals surface area contributed by atoms with Crippen LogP contribution in [0.2, 0.25) is 0 Å². The predicted molar refractivity (Wildman–Crippen MR) is 103 cm³/mol. The van der Waals surface area contributed by atoms with Crippen LogP contribution in [0.3, 0.4) is 0 Å². The number of esters is 1. The molecule has 0 aliphatic rings. The van der Waals surface area contributed by atoms with E-state index in [9.17, 15) is 14.4 Å². The summed E-state index contributed by atoms with van der Waals surface area (Å²) in [5.41, 5.74) is 1.26. The number of carbonyl (C=O) groups excluding carboxylic acids is 3. The Labute approximate surface area is 170 Å². The number of rotatable bonds is 7. The smallest absolute Gasteiger partial charge is 0.341 e. The molecule has 0 aliphatic heterocycles. The highest BCUT2D eigenvalue weighted by molar-refractivity contribution is 7.98. The number of carbonyl (C=O) groups is 3. The van der Waals surface area contributed by atoms with Gasteiger partial charge in [-0.05, 0) is 31.2 Å². The van der Waals surface area contributed by atoms with Gasteiger partial charge in [0, 0.05) is 31.3 Å². The lowest BCUT2D eigenvalue weighted by Gasteiger charge is -2.08. The Morgan fingerprint density at radius 3 is 2.79 bits per heavy atom. The summed E-state index contributed by atoms with van der Waals surface area (Å²) in [6, 6.07) is 8.20. The second kappa shape index (κ2) is 9.20. The maximum absolute atomic E-state index is 12.4. The molecule has 150 valence electrons. The van der Waals surface area contributed by atoms with Crippen LogP contribution < -0.4 is 5.32 Å². The molecule has 3 heterocycles. The summed E-state index contributed by atoms with van der Waals surface area (Å²) in [7, 11) is 1.68. The lowest BCUT2D eigenvalue weighted by molar-refractivity contribution is -0.123. The van der Waals surface area contributed by atoms with Crippen molar-refractivity contribution in [1.82, 2.24) is 20.0 Å². The van der Waals surface area contributed by atoms with Crippen LogP contribution in [-0.4, -0.2) is 39.1 Å². The molecule has 0 unspecified atom stereocenters. The van der Waals surface area contributed by atoms with Gasteiger partial charge in [0.25, 0.3) is 11.8 Å². The zero-order valence-electron chi connectivity index (χ0n) is 15.7. The standard InChI is InChI=1S/C19H18N4O5S/c1-12-9-13(22-28-12)11-29-18-14(5-3-7-20-18)19(26)27-10-16(24)21-17(25)15-6-4-8-23(15)2/h3-9H,10-11H2,1-2H3,(H,21,24,25). The van der Waals surface area contributed by atoms with Crippen LogP contribution in [0.25, 0.3) is 0 Å². The second-order valence-electron chi connectivity index (χ2n) is 6.03. The Morgan fingerprint density at radius 2 is 2.10 bits per heavy atom. The van der Waals surface area contributed by atoms with E-state index in [4.69, 9.17) is 9.26 Å². The van der Waals surface area contributed by atoms with E-state index in [1.54, 1.807) is 61.3 Å². The van der Waals surface area contributed by atoms with Crippen molar-refractivity contribution in [1.29, 1.82) is 0 Å². The number of pyridine rings is 1. The van der Waals surface area contributed by atoms with E-state index in [1.165, 1.54) is 11.8 Å². The zero-order chi connectivity index (χ0) is 20.8. The molecule has 0 spiro atoms. The van der Waals surface area contributed by atoms with Gasteiger partial charge >= 0.3 is 5.97 Å². The highest BCUT2D eigenvalue weighted by Crippen LogP contribution is 2.24. The van der Waals surface area contributed by atoms with Gasteiger partial charge in [-0.15, -0.1) is 0 Å². The lowest BCUT2D eigenvalue weighted by Crippen LogP contribution is -2.35. The van der Waals surface area contributed by atoms with E-state index in [-0.39, 0.29) is 5.56 Å². The number of imide groups is 1. The SMILES string of the molecule is Cc1cc(CSc2ncccc2C(=O)OCC(=O)NC(=O)c2cccn2C)no1. The molecule has 3 rings (SSSR count). The zero-order valence-corrected chi connectivity index (χ0v) is 16.6. The number of nitrogens with zero attached hydrogens (tertiary/aromatic N) is 3. The first-order chi connectivity index (χ1) is 13.9. The average Bonchev–Trinajstić information content (AvgIpc) is 3.32. The molecule has 9 nitrogen and oxygen atoms in total. The molecule has 10 heteroatoms. The van der Waals surface area contributed by atoms with Crippen LogP contribution in [0.15, 0.2) is 52.3 Å². The molecule has 1 N–H and O–H groups in total. The van der Waals surface area contributed by atoms with Gasteiger partial charge in [0.05, 0.1) is 11.3 Å². The molecule has 0 fully saturated rings. The number of aryl methyl sites for hydroxylation is 2. The first kappa shape index (κ1) is 20.3. The Morgan fingerprint density at radius 1 is 1.28 bits per heavy atom. The number of aromatic nitrogens is 3. The van der Waals surface area contributed by atoms with Crippen LogP contribution in [0.4, 0.5) is 0 Å². The van der Waals surface area contributed by atoms with Gasteiger partial charge in [-0.3, -0.25) is 14.9 Å². The number of nitrogens with one attached hydrogen (secondary N) is 1. The molecule has 0 atom stereocenters. The van der Waals surface area contributed by atoms with E-state index in [1.807, 2.05) is 0 Å². The van der Waals surface area contributed by atoms with Crippen molar-refractivity contribution in [3.63, 3.8) is 0 Å². The van der Waals surface area contributed by atoms with Crippen molar-refractivity contribution < 1.29 is 23.6 Å². The monoisotopic (exact) mass is 414 g/mol. The summed E-state index contributed by atoms with van der Waals surface area (Å²) in [5, 5.41) is 6.51. The summed E-state index contributed by atoms with van der Waals surface area (Å²) in [6.45, 7) is 1.20. The average molecular weight is 414 g/mol. The van der Waals surface area contributed by atoms with Crippen LogP contribution in [0.1, 0.15) is 32.3 Å². The molecule has 0 bridgehead atoms. The topological polar surface area (TPSA) is 116 Å². The first-order valence-corrected chi connectivity index (χ1v) is 9.55. The minimum absolute atomic E-state index is 0.222. The Bertz CT molecular complexity index is 1040. The second-order valence-corrected chi connectivity index (χ2v) is 7.00. The fourth-order valence-electron chi connectivity index (χ4n) is 2.42. The van der Waals surface area contributed by atoms with Gasteiger partial charge in [-0.2, -0.15) is 0 Å². The van der Waals surface area contributed by atoms with E-state index in [0.29, 0.717) is 22.2 Å². The molecule has 0 saturated heterocycles. The Hall–Kier alpha value is -3.40. The summed E-state index contributed by atoms with van der Waals surface area (Å²) >= 11 is 1.29. The summed E-state index contributed by atoms with van der Waals surface area (Å²) < 4.78 is 11.6. The van der Waals surface area contributed by atoms with E-state index in [2.05, 4.69) is 15.5 Å². The number of hydrogen-bond acceptors (Lipinski definition) is 8. The third-order valence-corrected chi connectivity index (χ3v) is 4.83. The van der Waals surface area contributed by atoms with E-state index < -0.39 is 24.4 Å². The summed E-state index contributed by atoms with van der Waals surface area (Å²) in [6.07, 6.45) is 3.24. The van der Waals surface area contributed by atoms with Crippen LogP contribution in [0, 0.1) is 6.92 Å². The molecular formula is C19H18N4O5S. The number of thioether (sulfide) groups is 1. The Kier molecular flexibility index (Phi) is 6.45. The van der Waals surface area contributed by atoms with Crippen molar-refractivity contribution in [3.05, 3.63) is 65.4 Å². The maximum atomic E-state index is 12.4. The van der Waals surface area contributed by atoms with Crippen LogP contribution in [0.5, 0.6) is 0 Å². The van der Waals surface area contributed by atoms with Crippen molar-refractivity contribution in [2.24, 2.45) is 7.05 Å². The number of hydrogen-bond donors (Lipinski definition) is 1. The van der Waals surface area contributed by atoms with Gasteiger partial charge in [-0.1, -0.05) is 16.9 Å². The molecule has 0 aliphatic carbocycles. The summed E-state index contributed by atoms with van der Waals surface area (Å²) in [5.74, 6) is -0.851. The van der Waals surface area contributed by atoms with Crippen molar-refractivity contribution >= 4 is 29.5 Å². The van der Waals surface area contributed by atoms with Gasteiger partial charge < -0.3 is 13.8 Å². The van der Waals surface area contributed by atoms with Crippen molar-refractivity contribution in [2.45, 2.75) is 17.7 Å². The van der Waals surface area contributed by atoms with E-state index in [0.717, 1.165) is 5.69 Å². The number of ether oxygens (including phenoxy) is 1. The highest BCUT2D eigenvalue weighted by atomic mass is 32.2. The molecule has 0 saturated carbocycles. The molecule has 29 heavy (non-hydrogen) atoms. The number of amides is 2. The normalized spacial score (nSPS) is 10.6. The van der Waals surface area contributed by atoms with Crippen LogP contribution >= 0.6 is 11.8 Å². The first-order valence-electron chi connectivity index (χ1n) is 8.56. The van der Waals surface area contributed by atoms with Crippen LogP contribution in [-0.2, 0) is 22.3 Å². The Balaban J connectivity index is 1.55.